The summed E-state index contributed by atoms with van der Waals surface area (Å²) in [7, 11) is 1.65. The molecule has 148 valence electrons. The normalized spacial score (nSPS) is 11.4. The smallest absolute Gasteiger partial charge is 0.326 e. The zero-order chi connectivity index (χ0) is 20.6. The van der Waals surface area contributed by atoms with Crippen LogP contribution in [0.4, 0.5) is 16.0 Å². The molecule has 0 aliphatic rings. The number of carbonyl (C=O) groups is 2. The molecule has 0 radical (unpaired) electrons. The Morgan fingerprint density at radius 3 is 2.34 bits per heavy atom. The number of nitrogens with one attached hydrogen (secondary N) is 1. The van der Waals surface area contributed by atoms with E-state index in [9.17, 15) is 14.0 Å². The van der Waals surface area contributed by atoms with Crippen LogP contribution >= 0.6 is 0 Å². The number of esters is 1. The van der Waals surface area contributed by atoms with Crippen molar-refractivity contribution in [1.82, 2.24) is 9.97 Å². The molecule has 1 aromatic heterocycles. The molecule has 8 heteroatoms. The highest BCUT2D eigenvalue weighted by atomic mass is 19.1. The second-order valence-corrected chi connectivity index (χ2v) is 6.18. The van der Waals surface area contributed by atoms with Crippen molar-refractivity contribution in [3.8, 4) is 0 Å². The molecule has 7 nitrogen and oxygen atoms in total. The Kier molecular flexibility index (Phi) is 6.47. The second-order valence-electron chi connectivity index (χ2n) is 6.18. The maximum Gasteiger partial charge on any atom is 0.326 e. The quantitative estimate of drug-likeness (QED) is 0.620. The number of halogens is 1. The third-order valence-electron chi connectivity index (χ3n) is 3.96. The Labute approximate surface area is 167 Å². The zero-order valence-electron chi connectivity index (χ0n) is 15.7. The standard InChI is InChI=1S/C21H19FN4O3/c1-26(21-23-12-5-13-24-21)14-18(27)29-19(15-6-3-2-4-7-15)20(28)25-17-10-8-16(22)9-11-17/h2-13,19H,14H2,1H3,(H,25,28). The van der Waals surface area contributed by atoms with E-state index >= 15 is 0 Å². The molecule has 29 heavy (non-hydrogen) atoms. The van der Waals surface area contributed by atoms with Gasteiger partial charge < -0.3 is 15.0 Å². The Hall–Kier alpha value is -3.81. The summed E-state index contributed by atoms with van der Waals surface area (Å²) >= 11 is 0. The molecule has 1 amide bonds. The van der Waals surface area contributed by atoms with Crippen molar-refractivity contribution in [2.45, 2.75) is 6.10 Å². The van der Waals surface area contributed by atoms with E-state index in [1.165, 1.54) is 29.2 Å². The molecule has 0 aliphatic heterocycles. The fourth-order valence-electron chi connectivity index (χ4n) is 2.56. The molecule has 1 heterocycles. The lowest BCUT2D eigenvalue weighted by molar-refractivity contribution is -0.153. The molecule has 0 spiro atoms. The van der Waals surface area contributed by atoms with E-state index in [0.29, 0.717) is 17.2 Å². The molecule has 1 N–H and O–H groups in total. The van der Waals surface area contributed by atoms with Gasteiger partial charge in [-0.2, -0.15) is 0 Å². The van der Waals surface area contributed by atoms with Crippen molar-refractivity contribution in [1.29, 1.82) is 0 Å². The third-order valence-corrected chi connectivity index (χ3v) is 3.96. The van der Waals surface area contributed by atoms with Gasteiger partial charge in [-0.25, -0.2) is 14.4 Å². The van der Waals surface area contributed by atoms with Crippen LogP contribution in [0.15, 0.2) is 73.1 Å². The van der Waals surface area contributed by atoms with Crippen molar-refractivity contribution >= 4 is 23.5 Å². The average molecular weight is 394 g/mol. The number of carbonyl (C=O) groups excluding carboxylic acids is 2. The lowest BCUT2D eigenvalue weighted by atomic mass is 10.1. The van der Waals surface area contributed by atoms with Crippen LogP contribution in [-0.4, -0.2) is 35.4 Å². The van der Waals surface area contributed by atoms with Crippen LogP contribution in [0, 0.1) is 5.82 Å². The van der Waals surface area contributed by atoms with Crippen molar-refractivity contribution < 1.29 is 18.7 Å². The predicted molar refractivity (Wildman–Crippen MR) is 106 cm³/mol. The van der Waals surface area contributed by atoms with E-state index in [0.717, 1.165) is 0 Å². The topological polar surface area (TPSA) is 84.4 Å². The van der Waals surface area contributed by atoms with Gasteiger partial charge in [0, 0.05) is 30.7 Å². The van der Waals surface area contributed by atoms with Crippen molar-refractivity contribution in [3.05, 3.63) is 84.4 Å². The number of aromatic nitrogens is 2. The molecular weight excluding hydrogens is 375 g/mol. The Morgan fingerprint density at radius 1 is 1.03 bits per heavy atom. The minimum Gasteiger partial charge on any atom is -0.446 e. The lowest BCUT2D eigenvalue weighted by Gasteiger charge is -2.20. The first kappa shape index (κ1) is 19.9. The summed E-state index contributed by atoms with van der Waals surface area (Å²) < 4.78 is 18.5. The first-order chi connectivity index (χ1) is 14.0. The van der Waals surface area contributed by atoms with Gasteiger partial charge in [-0.1, -0.05) is 30.3 Å². The van der Waals surface area contributed by atoms with Gasteiger partial charge >= 0.3 is 5.97 Å². The van der Waals surface area contributed by atoms with E-state index in [1.54, 1.807) is 55.8 Å². The van der Waals surface area contributed by atoms with Gasteiger partial charge in [-0.15, -0.1) is 0 Å². The van der Waals surface area contributed by atoms with Crippen molar-refractivity contribution in [3.63, 3.8) is 0 Å². The molecule has 0 aliphatic carbocycles. The molecule has 0 bridgehead atoms. The summed E-state index contributed by atoms with van der Waals surface area (Å²) in [5.74, 6) is -1.23. The summed E-state index contributed by atoms with van der Waals surface area (Å²) in [6.45, 7) is -0.142. The number of anilines is 2. The molecule has 0 fully saturated rings. The zero-order valence-corrected chi connectivity index (χ0v) is 15.7. The number of amides is 1. The molecule has 2 aromatic carbocycles. The van der Waals surface area contributed by atoms with Gasteiger partial charge in [0.05, 0.1) is 0 Å². The SMILES string of the molecule is CN(CC(=O)OC(C(=O)Nc1ccc(F)cc1)c1ccccc1)c1ncccn1. The molecular formula is C21H19FN4O3. The first-order valence-corrected chi connectivity index (χ1v) is 8.82. The van der Waals surface area contributed by atoms with Crippen LogP contribution in [0.25, 0.3) is 0 Å². The van der Waals surface area contributed by atoms with Gasteiger partial charge in [0.2, 0.25) is 12.1 Å². The van der Waals surface area contributed by atoms with Crippen LogP contribution in [0.1, 0.15) is 11.7 Å². The van der Waals surface area contributed by atoms with E-state index in [1.807, 2.05) is 0 Å². The van der Waals surface area contributed by atoms with Gasteiger partial charge in [-0.3, -0.25) is 9.59 Å². The number of ether oxygens (including phenoxy) is 1. The number of hydrogen-bond donors (Lipinski definition) is 1. The lowest BCUT2D eigenvalue weighted by Crippen LogP contribution is -2.32. The Bertz CT molecular complexity index is 953. The van der Waals surface area contributed by atoms with Gasteiger partial charge in [0.1, 0.15) is 12.4 Å². The summed E-state index contributed by atoms with van der Waals surface area (Å²) in [4.78, 5) is 34.9. The van der Waals surface area contributed by atoms with Crippen molar-refractivity contribution in [2.24, 2.45) is 0 Å². The predicted octanol–water partition coefficient (Wildman–Crippen LogP) is 2.98. The molecule has 1 unspecified atom stereocenters. The van der Waals surface area contributed by atoms with Gasteiger partial charge in [0.15, 0.2) is 0 Å². The number of likely N-dealkylation sites (N-methyl/N-ethyl adjacent to an activating group) is 1. The fraction of sp³-hybridized carbons (Fsp3) is 0.143. The maximum atomic E-state index is 13.1. The number of benzene rings is 2. The highest BCUT2D eigenvalue weighted by Crippen LogP contribution is 2.21. The first-order valence-electron chi connectivity index (χ1n) is 8.82. The Balaban J connectivity index is 1.72. The maximum absolute atomic E-state index is 13.1. The van der Waals surface area contributed by atoms with E-state index < -0.39 is 23.8 Å². The minimum atomic E-state index is -1.17. The molecule has 3 aromatic rings. The van der Waals surface area contributed by atoms with E-state index in [2.05, 4.69) is 15.3 Å². The summed E-state index contributed by atoms with van der Waals surface area (Å²) in [5.41, 5.74) is 0.905. The molecule has 3 rings (SSSR count). The van der Waals surface area contributed by atoms with Crippen LogP contribution in [0.5, 0.6) is 0 Å². The van der Waals surface area contributed by atoms with Crippen molar-refractivity contribution in [2.75, 3.05) is 23.8 Å². The fourth-order valence-corrected chi connectivity index (χ4v) is 2.56. The van der Waals surface area contributed by atoms with Crippen LogP contribution in [-0.2, 0) is 14.3 Å². The summed E-state index contributed by atoms with van der Waals surface area (Å²) in [6, 6.07) is 15.6. The monoisotopic (exact) mass is 394 g/mol. The summed E-state index contributed by atoms with van der Waals surface area (Å²) in [5, 5.41) is 2.64. The number of nitrogens with zero attached hydrogens (tertiary/aromatic N) is 3. The minimum absolute atomic E-state index is 0.142. The molecule has 1 atom stereocenters. The number of rotatable bonds is 7. The van der Waals surface area contributed by atoms with E-state index in [4.69, 9.17) is 4.74 Å². The van der Waals surface area contributed by atoms with Crippen LogP contribution < -0.4 is 10.2 Å². The Morgan fingerprint density at radius 2 is 1.69 bits per heavy atom. The highest BCUT2D eigenvalue weighted by Gasteiger charge is 2.26. The summed E-state index contributed by atoms with van der Waals surface area (Å²) in [6.07, 6.45) is 1.96. The average Bonchev–Trinajstić information content (AvgIpc) is 2.75. The molecule has 0 saturated carbocycles. The second kappa shape index (κ2) is 9.41. The largest absolute Gasteiger partial charge is 0.446 e. The highest BCUT2D eigenvalue weighted by molar-refractivity contribution is 5.96. The number of hydrogen-bond acceptors (Lipinski definition) is 6. The molecule has 0 saturated heterocycles. The van der Waals surface area contributed by atoms with Crippen LogP contribution in [0.3, 0.4) is 0 Å². The van der Waals surface area contributed by atoms with Crippen LogP contribution in [0.2, 0.25) is 0 Å². The van der Waals surface area contributed by atoms with Gasteiger partial charge in [0.25, 0.3) is 5.91 Å². The van der Waals surface area contributed by atoms with Gasteiger partial charge in [-0.05, 0) is 30.3 Å². The third kappa shape index (κ3) is 5.58. The van der Waals surface area contributed by atoms with E-state index in [-0.39, 0.29) is 6.54 Å².